The maximum absolute atomic E-state index is 12.6. The van der Waals surface area contributed by atoms with E-state index in [1.807, 2.05) is 36.4 Å². The number of carbonyl (C=O) groups is 2. The second kappa shape index (κ2) is 9.70. The normalized spacial score (nSPS) is 13.7. The number of rotatable bonds is 7. The zero-order valence-corrected chi connectivity index (χ0v) is 18.3. The molecular weight excluding hydrogens is 374 g/mol. The summed E-state index contributed by atoms with van der Waals surface area (Å²) in [5, 5.41) is 9.04. The van der Waals surface area contributed by atoms with Crippen LogP contribution >= 0.6 is 0 Å². The van der Waals surface area contributed by atoms with Gasteiger partial charge in [0.1, 0.15) is 0 Å². The molecule has 0 radical (unpaired) electrons. The summed E-state index contributed by atoms with van der Waals surface area (Å²) in [5.74, 6) is 0.356. The SMILES string of the molecule is CC(C)c1cccc(C(C)C)c1NC(=O)CCC(=O)N1CCC(c2ccccc2)=N1. The fourth-order valence-corrected chi connectivity index (χ4v) is 3.72. The molecule has 3 rings (SSSR count). The molecule has 0 aliphatic carbocycles. The van der Waals surface area contributed by atoms with Crippen LogP contribution in [0.4, 0.5) is 5.69 Å². The van der Waals surface area contributed by atoms with Gasteiger partial charge < -0.3 is 5.32 Å². The molecule has 158 valence electrons. The van der Waals surface area contributed by atoms with Crippen LogP contribution in [0.1, 0.15) is 75.5 Å². The van der Waals surface area contributed by atoms with E-state index in [2.05, 4.69) is 50.2 Å². The third kappa shape index (κ3) is 5.15. The molecule has 0 saturated heterocycles. The monoisotopic (exact) mass is 405 g/mol. The minimum absolute atomic E-state index is 0.114. The van der Waals surface area contributed by atoms with E-state index in [9.17, 15) is 9.59 Å². The van der Waals surface area contributed by atoms with Crippen molar-refractivity contribution in [2.24, 2.45) is 5.10 Å². The second-order valence-electron chi connectivity index (χ2n) is 8.35. The number of anilines is 1. The minimum Gasteiger partial charge on any atom is -0.326 e. The zero-order chi connectivity index (χ0) is 21.7. The van der Waals surface area contributed by atoms with E-state index in [1.165, 1.54) is 5.01 Å². The number of nitrogens with zero attached hydrogens (tertiary/aromatic N) is 2. The van der Waals surface area contributed by atoms with Gasteiger partial charge in [-0.05, 0) is 28.5 Å². The number of benzene rings is 2. The summed E-state index contributed by atoms with van der Waals surface area (Å²) in [6.07, 6.45) is 1.04. The summed E-state index contributed by atoms with van der Waals surface area (Å²) >= 11 is 0. The Morgan fingerprint density at radius 1 is 0.933 bits per heavy atom. The van der Waals surface area contributed by atoms with Crippen LogP contribution in [0.25, 0.3) is 0 Å². The van der Waals surface area contributed by atoms with E-state index in [-0.39, 0.29) is 24.7 Å². The molecule has 2 amide bonds. The number of nitrogens with one attached hydrogen (secondary N) is 1. The van der Waals surface area contributed by atoms with Gasteiger partial charge in [0, 0.05) is 24.9 Å². The first-order valence-electron chi connectivity index (χ1n) is 10.7. The Hall–Kier alpha value is -2.95. The fourth-order valence-electron chi connectivity index (χ4n) is 3.72. The smallest absolute Gasteiger partial charge is 0.243 e. The first-order valence-corrected chi connectivity index (χ1v) is 10.7. The van der Waals surface area contributed by atoms with Gasteiger partial charge in [0.2, 0.25) is 11.8 Å². The third-order valence-electron chi connectivity index (χ3n) is 5.40. The lowest BCUT2D eigenvalue weighted by Crippen LogP contribution is -2.25. The van der Waals surface area contributed by atoms with E-state index >= 15 is 0 Å². The van der Waals surface area contributed by atoms with Crippen LogP contribution in [0.3, 0.4) is 0 Å². The summed E-state index contributed by atoms with van der Waals surface area (Å²) in [5.41, 5.74) is 5.10. The Morgan fingerprint density at radius 3 is 2.17 bits per heavy atom. The lowest BCUT2D eigenvalue weighted by molar-refractivity contribution is -0.132. The Bertz CT molecular complexity index is 906. The van der Waals surface area contributed by atoms with Crippen molar-refractivity contribution in [3.05, 3.63) is 65.2 Å². The first kappa shape index (κ1) is 21.8. The summed E-state index contributed by atoms with van der Waals surface area (Å²) in [4.78, 5) is 25.2. The van der Waals surface area contributed by atoms with E-state index in [0.717, 1.165) is 34.5 Å². The Kier molecular flexibility index (Phi) is 7.03. The summed E-state index contributed by atoms with van der Waals surface area (Å²) in [6, 6.07) is 16.0. The molecule has 0 fully saturated rings. The van der Waals surface area contributed by atoms with Crippen LogP contribution in [0.15, 0.2) is 53.6 Å². The molecule has 1 heterocycles. The Balaban J connectivity index is 1.62. The summed E-state index contributed by atoms with van der Waals surface area (Å²) < 4.78 is 0. The van der Waals surface area contributed by atoms with E-state index < -0.39 is 0 Å². The van der Waals surface area contributed by atoms with E-state index in [0.29, 0.717) is 18.4 Å². The van der Waals surface area contributed by atoms with Gasteiger partial charge in [0.15, 0.2) is 0 Å². The van der Waals surface area contributed by atoms with Gasteiger partial charge in [0.25, 0.3) is 0 Å². The number of para-hydroxylation sites is 1. The maximum Gasteiger partial charge on any atom is 0.243 e. The number of hydrogen-bond donors (Lipinski definition) is 1. The van der Waals surface area contributed by atoms with E-state index in [4.69, 9.17) is 0 Å². The average Bonchev–Trinajstić information content (AvgIpc) is 3.23. The van der Waals surface area contributed by atoms with Crippen molar-refractivity contribution in [2.75, 3.05) is 11.9 Å². The molecule has 5 nitrogen and oxygen atoms in total. The van der Waals surface area contributed by atoms with Gasteiger partial charge >= 0.3 is 0 Å². The fraction of sp³-hybridized carbons (Fsp3) is 0.400. The molecule has 0 atom stereocenters. The molecule has 1 N–H and O–H groups in total. The lowest BCUT2D eigenvalue weighted by atomic mass is 9.92. The molecule has 0 unspecified atom stereocenters. The van der Waals surface area contributed by atoms with Crippen LogP contribution in [0.5, 0.6) is 0 Å². The summed E-state index contributed by atoms with van der Waals surface area (Å²) in [7, 11) is 0. The van der Waals surface area contributed by atoms with Crippen molar-refractivity contribution in [1.82, 2.24) is 5.01 Å². The van der Waals surface area contributed by atoms with Gasteiger partial charge in [-0.15, -0.1) is 0 Å². The maximum atomic E-state index is 12.6. The minimum atomic E-state index is -0.134. The number of hydrogen-bond acceptors (Lipinski definition) is 3. The number of carbonyl (C=O) groups excluding carboxylic acids is 2. The molecule has 0 saturated carbocycles. The molecule has 0 aromatic heterocycles. The van der Waals surface area contributed by atoms with Crippen LogP contribution in [0, 0.1) is 0 Å². The van der Waals surface area contributed by atoms with Crippen molar-refractivity contribution in [3.63, 3.8) is 0 Å². The predicted molar refractivity (Wildman–Crippen MR) is 122 cm³/mol. The lowest BCUT2D eigenvalue weighted by Gasteiger charge is -2.20. The Morgan fingerprint density at radius 2 is 1.57 bits per heavy atom. The van der Waals surface area contributed by atoms with Crippen LogP contribution < -0.4 is 5.32 Å². The second-order valence-corrected chi connectivity index (χ2v) is 8.35. The highest BCUT2D eigenvalue weighted by molar-refractivity contribution is 6.03. The van der Waals surface area contributed by atoms with Gasteiger partial charge in [-0.3, -0.25) is 9.59 Å². The van der Waals surface area contributed by atoms with Gasteiger partial charge in [-0.2, -0.15) is 5.10 Å². The zero-order valence-electron chi connectivity index (χ0n) is 18.3. The van der Waals surface area contributed by atoms with Gasteiger partial charge in [-0.1, -0.05) is 76.2 Å². The molecule has 1 aliphatic heterocycles. The molecule has 0 bridgehead atoms. The van der Waals surface area contributed by atoms with Crippen molar-refractivity contribution in [2.45, 2.75) is 58.8 Å². The largest absolute Gasteiger partial charge is 0.326 e. The molecule has 1 aliphatic rings. The molecular formula is C25H31N3O2. The molecule has 30 heavy (non-hydrogen) atoms. The highest BCUT2D eigenvalue weighted by Crippen LogP contribution is 2.32. The van der Waals surface area contributed by atoms with Crippen molar-refractivity contribution in [1.29, 1.82) is 0 Å². The number of amides is 2. The molecule has 2 aromatic carbocycles. The summed E-state index contributed by atoms with van der Waals surface area (Å²) in [6.45, 7) is 9.05. The van der Waals surface area contributed by atoms with Crippen LogP contribution in [-0.4, -0.2) is 29.1 Å². The van der Waals surface area contributed by atoms with Crippen LogP contribution in [-0.2, 0) is 9.59 Å². The first-order chi connectivity index (χ1) is 14.4. The van der Waals surface area contributed by atoms with Crippen molar-refractivity contribution >= 4 is 23.2 Å². The highest BCUT2D eigenvalue weighted by atomic mass is 16.2. The topological polar surface area (TPSA) is 61.8 Å². The molecule has 5 heteroatoms. The number of hydrazone groups is 1. The van der Waals surface area contributed by atoms with Crippen molar-refractivity contribution in [3.8, 4) is 0 Å². The van der Waals surface area contributed by atoms with Crippen LogP contribution in [0.2, 0.25) is 0 Å². The highest BCUT2D eigenvalue weighted by Gasteiger charge is 2.22. The van der Waals surface area contributed by atoms with E-state index in [1.54, 1.807) is 0 Å². The van der Waals surface area contributed by atoms with Crippen molar-refractivity contribution < 1.29 is 9.59 Å². The predicted octanol–water partition coefficient (Wildman–Crippen LogP) is 5.29. The standard InChI is InChI=1S/C25H31N3O2/c1-17(2)20-11-8-12-21(18(3)4)25(20)26-23(29)13-14-24(30)28-16-15-22(27-28)19-9-6-5-7-10-19/h5-12,17-18H,13-16H2,1-4H3,(H,26,29). The third-order valence-corrected chi connectivity index (χ3v) is 5.40. The van der Waals surface area contributed by atoms with Gasteiger partial charge in [0.05, 0.1) is 12.3 Å². The molecule has 2 aromatic rings. The quantitative estimate of drug-likeness (QED) is 0.680. The average molecular weight is 406 g/mol. The molecule has 0 spiro atoms. The Labute approximate surface area is 179 Å². The van der Waals surface area contributed by atoms with Gasteiger partial charge in [-0.25, -0.2) is 5.01 Å².